The van der Waals surface area contributed by atoms with E-state index >= 15 is 0 Å². The molecule has 1 saturated heterocycles. The second kappa shape index (κ2) is 4.63. The zero-order valence-electron chi connectivity index (χ0n) is 7.50. The standard InChI is InChI=1S/C8H17OS2/c1-4-6-10-7(3)8-9-11(8)5-2/h7-8H,4-6H2,1-3H3/q+1. The van der Waals surface area contributed by atoms with Crippen molar-refractivity contribution >= 4 is 22.9 Å². The van der Waals surface area contributed by atoms with Crippen molar-refractivity contribution < 1.29 is 4.18 Å². The van der Waals surface area contributed by atoms with Crippen molar-refractivity contribution in [1.29, 1.82) is 0 Å². The summed E-state index contributed by atoms with van der Waals surface area (Å²) in [4.78, 5) is 0. The highest BCUT2D eigenvalue weighted by atomic mass is 32.2. The van der Waals surface area contributed by atoms with E-state index < -0.39 is 0 Å². The van der Waals surface area contributed by atoms with Crippen molar-refractivity contribution in [3.63, 3.8) is 0 Å². The second-order valence-corrected chi connectivity index (χ2v) is 6.19. The molecule has 11 heavy (non-hydrogen) atoms. The largest absolute Gasteiger partial charge is 0.310 e. The predicted octanol–water partition coefficient (Wildman–Crippen LogP) is 2.43. The van der Waals surface area contributed by atoms with Crippen LogP contribution in [0.1, 0.15) is 27.2 Å². The van der Waals surface area contributed by atoms with Crippen molar-refractivity contribution in [1.82, 2.24) is 0 Å². The van der Waals surface area contributed by atoms with Crippen molar-refractivity contribution in [2.45, 2.75) is 37.9 Å². The van der Waals surface area contributed by atoms with Crippen LogP contribution in [0.3, 0.4) is 0 Å². The van der Waals surface area contributed by atoms with Gasteiger partial charge in [0.1, 0.15) is 5.75 Å². The average Bonchev–Trinajstić information content (AvgIpc) is 2.78. The van der Waals surface area contributed by atoms with Crippen molar-refractivity contribution in [2.24, 2.45) is 0 Å². The van der Waals surface area contributed by atoms with Crippen molar-refractivity contribution in [2.75, 3.05) is 11.5 Å². The van der Waals surface area contributed by atoms with E-state index in [9.17, 15) is 0 Å². The van der Waals surface area contributed by atoms with Gasteiger partial charge in [-0.05, 0) is 26.0 Å². The lowest BCUT2D eigenvalue weighted by atomic mass is 10.5. The van der Waals surface area contributed by atoms with Gasteiger partial charge in [0.15, 0.2) is 11.2 Å². The highest BCUT2D eigenvalue weighted by molar-refractivity contribution is 8.03. The Morgan fingerprint density at radius 3 is 2.73 bits per heavy atom. The summed E-state index contributed by atoms with van der Waals surface area (Å²) in [5.74, 6) is 2.49. The van der Waals surface area contributed by atoms with Gasteiger partial charge in [0.05, 0.1) is 5.25 Å². The molecule has 0 spiro atoms. The van der Waals surface area contributed by atoms with Gasteiger partial charge in [-0.1, -0.05) is 6.92 Å². The molecule has 3 heteroatoms. The van der Waals surface area contributed by atoms with Crippen LogP contribution in [0.15, 0.2) is 0 Å². The number of thioether (sulfide) groups is 1. The van der Waals surface area contributed by atoms with Crippen LogP contribution in [0.5, 0.6) is 0 Å². The Hall–Kier alpha value is 0.660. The third-order valence-corrected chi connectivity index (χ3v) is 5.14. The summed E-state index contributed by atoms with van der Waals surface area (Å²) in [7, 11) is 0. The van der Waals surface area contributed by atoms with Gasteiger partial charge in [0.2, 0.25) is 0 Å². The van der Waals surface area contributed by atoms with E-state index in [1.54, 1.807) is 0 Å². The third-order valence-electron chi connectivity index (χ3n) is 1.69. The molecular formula is C8H17OS2+. The summed E-state index contributed by atoms with van der Waals surface area (Å²) in [5, 5.41) is 0.721. The van der Waals surface area contributed by atoms with Crippen molar-refractivity contribution in [3.05, 3.63) is 0 Å². The first-order chi connectivity index (χ1) is 5.29. The topological polar surface area (TPSA) is 12.5 Å². The Balaban J connectivity index is 2.07. The van der Waals surface area contributed by atoms with E-state index in [2.05, 4.69) is 20.8 Å². The van der Waals surface area contributed by atoms with Gasteiger partial charge in [0.25, 0.3) is 0 Å². The average molecular weight is 193 g/mol. The predicted molar refractivity (Wildman–Crippen MR) is 55.0 cm³/mol. The molecule has 3 atom stereocenters. The number of hydrogen-bond donors (Lipinski definition) is 0. The van der Waals surface area contributed by atoms with Gasteiger partial charge < -0.3 is 0 Å². The summed E-state index contributed by atoms with van der Waals surface area (Å²) in [6, 6.07) is 0. The third kappa shape index (κ3) is 2.88. The van der Waals surface area contributed by atoms with E-state index in [0.29, 0.717) is 16.6 Å². The maximum atomic E-state index is 5.53. The van der Waals surface area contributed by atoms with E-state index in [4.69, 9.17) is 4.18 Å². The minimum atomic E-state index is 0.335. The first kappa shape index (κ1) is 9.75. The molecule has 1 nitrogen and oxygen atoms in total. The van der Waals surface area contributed by atoms with Crippen LogP contribution < -0.4 is 0 Å². The number of rotatable bonds is 5. The SMILES string of the molecule is CCCSC(C)C1O[S+]1CC. The van der Waals surface area contributed by atoms with Gasteiger partial charge in [-0.2, -0.15) is 11.8 Å². The summed E-state index contributed by atoms with van der Waals surface area (Å²) in [5.41, 5.74) is 0.594. The quantitative estimate of drug-likeness (QED) is 0.491. The molecule has 1 rings (SSSR count). The fourth-order valence-corrected chi connectivity index (χ4v) is 3.93. The van der Waals surface area contributed by atoms with Crippen LogP contribution in [0.2, 0.25) is 0 Å². The normalized spacial score (nSPS) is 31.9. The Morgan fingerprint density at radius 1 is 1.55 bits per heavy atom. The minimum Gasteiger partial charge on any atom is -0.151 e. The molecule has 0 aromatic rings. The molecule has 0 aliphatic carbocycles. The molecule has 1 fully saturated rings. The van der Waals surface area contributed by atoms with Crippen LogP contribution in [0.25, 0.3) is 0 Å². The van der Waals surface area contributed by atoms with Gasteiger partial charge in [0, 0.05) is 0 Å². The maximum absolute atomic E-state index is 5.53. The summed E-state index contributed by atoms with van der Waals surface area (Å²) in [6.07, 6.45) is 1.28. The lowest BCUT2D eigenvalue weighted by Crippen LogP contribution is -2.08. The lowest BCUT2D eigenvalue weighted by molar-refractivity contribution is 0.456. The maximum Gasteiger partial charge on any atom is 0.310 e. The van der Waals surface area contributed by atoms with Gasteiger partial charge in [-0.25, -0.2) is 0 Å². The zero-order valence-corrected chi connectivity index (χ0v) is 9.13. The van der Waals surface area contributed by atoms with Crippen LogP contribution in [0, 0.1) is 0 Å². The van der Waals surface area contributed by atoms with Gasteiger partial charge in [-0.3, -0.25) is 0 Å². The van der Waals surface area contributed by atoms with E-state index in [0.717, 1.165) is 5.25 Å². The smallest absolute Gasteiger partial charge is 0.151 e. The molecular weight excluding hydrogens is 176 g/mol. The fraction of sp³-hybridized carbons (Fsp3) is 1.00. The zero-order chi connectivity index (χ0) is 8.27. The monoisotopic (exact) mass is 193 g/mol. The molecule has 0 bridgehead atoms. The lowest BCUT2D eigenvalue weighted by Gasteiger charge is -2.00. The first-order valence-corrected chi connectivity index (χ1v) is 6.71. The highest BCUT2D eigenvalue weighted by Gasteiger charge is 2.56. The molecule has 1 aliphatic rings. The molecule has 0 amide bonds. The molecule has 1 aliphatic heterocycles. The Bertz CT molecular complexity index is 119. The molecule has 0 aromatic carbocycles. The first-order valence-electron chi connectivity index (χ1n) is 4.28. The molecule has 0 radical (unpaired) electrons. The number of hydrogen-bond acceptors (Lipinski definition) is 2. The second-order valence-electron chi connectivity index (χ2n) is 2.71. The molecule has 1 heterocycles. The highest BCUT2D eigenvalue weighted by Crippen LogP contribution is 2.36. The van der Waals surface area contributed by atoms with E-state index in [1.807, 2.05) is 11.8 Å². The summed E-state index contributed by atoms with van der Waals surface area (Å²) >= 11 is 2.38. The summed E-state index contributed by atoms with van der Waals surface area (Å²) in [6.45, 7) is 6.72. The van der Waals surface area contributed by atoms with Crippen LogP contribution >= 0.6 is 11.8 Å². The Morgan fingerprint density at radius 2 is 2.27 bits per heavy atom. The Kier molecular flexibility index (Phi) is 4.10. The van der Waals surface area contributed by atoms with Gasteiger partial charge >= 0.3 is 5.44 Å². The molecule has 0 aromatic heterocycles. The molecule has 0 saturated carbocycles. The van der Waals surface area contributed by atoms with Crippen molar-refractivity contribution in [3.8, 4) is 0 Å². The fourth-order valence-electron chi connectivity index (χ4n) is 1.01. The van der Waals surface area contributed by atoms with E-state index in [1.165, 1.54) is 17.9 Å². The van der Waals surface area contributed by atoms with E-state index in [-0.39, 0.29) is 0 Å². The van der Waals surface area contributed by atoms with Crippen LogP contribution in [0.4, 0.5) is 0 Å². The van der Waals surface area contributed by atoms with Crippen LogP contribution in [-0.4, -0.2) is 22.2 Å². The van der Waals surface area contributed by atoms with Crippen LogP contribution in [-0.2, 0) is 15.4 Å². The molecule has 66 valence electrons. The Labute approximate surface area is 76.8 Å². The van der Waals surface area contributed by atoms with Gasteiger partial charge in [-0.15, -0.1) is 4.18 Å². The summed E-state index contributed by atoms with van der Waals surface area (Å²) < 4.78 is 5.53. The molecule has 3 unspecified atom stereocenters. The molecule has 0 N–H and O–H groups in total. The minimum absolute atomic E-state index is 0.335.